The van der Waals surface area contributed by atoms with Crippen molar-refractivity contribution in [1.29, 1.82) is 0 Å². The van der Waals surface area contributed by atoms with Crippen LogP contribution in [0.1, 0.15) is 29.7 Å². The van der Waals surface area contributed by atoms with Crippen LogP contribution in [0.4, 0.5) is 0 Å². The summed E-state index contributed by atoms with van der Waals surface area (Å²) in [5.41, 5.74) is 1.93. The van der Waals surface area contributed by atoms with Crippen LogP contribution < -0.4 is 9.47 Å². The lowest BCUT2D eigenvalue weighted by Gasteiger charge is -2.25. The van der Waals surface area contributed by atoms with Crippen molar-refractivity contribution < 1.29 is 24.2 Å². The fourth-order valence-electron chi connectivity index (χ4n) is 3.90. The van der Waals surface area contributed by atoms with Gasteiger partial charge in [-0.1, -0.05) is 18.2 Å². The third-order valence-corrected chi connectivity index (χ3v) is 5.49. The highest BCUT2D eigenvalue weighted by atomic mass is 16.5. The number of methoxy groups -OCH3 is 1. The number of ketones is 1. The van der Waals surface area contributed by atoms with E-state index in [1.54, 1.807) is 74.1 Å². The molecule has 0 aliphatic carbocycles. The lowest BCUT2D eigenvalue weighted by Crippen LogP contribution is -2.29. The molecule has 1 aliphatic rings. The van der Waals surface area contributed by atoms with E-state index in [0.29, 0.717) is 29.2 Å². The van der Waals surface area contributed by atoms with Crippen LogP contribution in [0.2, 0.25) is 0 Å². The molecular weight excluding hydrogens is 420 g/mol. The highest BCUT2D eigenvalue weighted by Crippen LogP contribution is 2.40. The van der Waals surface area contributed by atoms with Crippen LogP contribution in [-0.2, 0) is 16.1 Å². The zero-order valence-corrected chi connectivity index (χ0v) is 18.4. The number of Topliss-reactive ketones (excluding diaryl/α,β-unsaturated/α-hetero) is 1. The Morgan fingerprint density at radius 1 is 1.03 bits per heavy atom. The summed E-state index contributed by atoms with van der Waals surface area (Å²) in [5.74, 6) is -0.338. The summed E-state index contributed by atoms with van der Waals surface area (Å²) in [6.45, 7) is 2.59. The molecule has 2 heterocycles. The van der Waals surface area contributed by atoms with Gasteiger partial charge in [0.15, 0.2) is 0 Å². The summed E-state index contributed by atoms with van der Waals surface area (Å²) in [4.78, 5) is 31.8. The summed E-state index contributed by atoms with van der Waals surface area (Å²) in [6.07, 6.45) is 3.29. The van der Waals surface area contributed by atoms with E-state index >= 15 is 0 Å². The molecule has 0 unspecified atom stereocenters. The second-order valence-electron chi connectivity index (χ2n) is 7.52. The minimum absolute atomic E-state index is 0.0400. The van der Waals surface area contributed by atoms with Gasteiger partial charge in [-0.25, -0.2) is 0 Å². The first-order valence-corrected chi connectivity index (χ1v) is 10.6. The van der Waals surface area contributed by atoms with Crippen molar-refractivity contribution in [2.75, 3.05) is 13.7 Å². The number of likely N-dealkylation sites (tertiary alicyclic amines) is 1. The van der Waals surface area contributed by atoms with Crippen molar-refractivity contribution in [2.24, 2.45) is 0 Å². The first-order chi connectivity index (χ1) is 16.0. The van der Waals surface area contributed by atoms with Crippen LogP contribution in [0, 0.1) is 0 Å². The number of ether oxygens (including phenoxy) is 2. The molecule has 0 spiro atoms. The van der Waals surface area contributed by atoms with Gasteiger partial charge in [0.1, 0.15) is 17.3 Å². The molecule has 1 fully saturated rings. The van der Waals surface area contributed by atoms with E-state index in [1.165, 1.54) is 4.90 Å². The first-order valence-electron chi connectivity index (χ1n) is 10.6. The quantitative estimate of drug-likeness (QED) is 0.335. The van der Waals surface area contributed by atoms with Crippen LogP contribution in [0.3, 0.4) is 0 Å². The van der Waals surface area contributed by atoms with Crippen molar-refractivity contribution >= 4 is 17.4 Å². The topological polar surface area (TPSA) is 89.0 Å². The Bertz CT molecular complexity index is 1170. The molecule has 0 bridgehead atoms. The van der Waals surface area contributed by atoms with Gasteiger partial charge >= 0.3 is 0 Å². The Hall–Kier alpha value is -4.13. The molecule has 1 atom stereocenters. The lowest BCUT2D eigenvalue weighted by atomic mass is 9.95. The molecular formula is C26H24N2O5. The maximum atomic E-state index is 13.1. The molecule has 0 saturated carbocycles. The van der Waals surface area contributed by atoms with Gasteiger partial charge < -0.3 is 19.5 Å². The van der Waals surface area contributed by atoms with Gasteiger partial charge in [0, 0.05) is 24.5 Å². The number of aliphatic hydroxyl groups excluding tert-OH is 1. The predicted octanol–water partition coefficient (Wildman–Crippen LogP) is 4.11. The molecule has 1 saturated heterocycles. The number of hydrogen-bond donors (Lipinski definition) is 1. The molecule has 3 aromatic rings. The van der Waals surface area contributed by atoms with E-state index in [9.17, 15) is 14.7 Å². The number of rotatable bonds is 7. The van der Waals surface area contributed by atoms with Crippen molar-refractivity contribution in [2.45, 2.75) is 19.5 Å². The van der Waals surface area contributed by atoms with Gasteiger partial charge in [0.25, 0.3) is 11.7 Å². The number of aliphatic hydroxyl groups is 1. The zero-order chi connectivity index (χ0) is 23.4. The van der Waals surface area contributed by atoms with Crippen molar-refractivity contribution in [3.05, 3.63) is 95.3 Å². The third-order valence-electron chi connectivity index (χ3n) is 5.49. The molecule has 7 heteroatoms. The SMILES string of the molecule is CCOc1ccc([C@H]2/C(=C(\O)c3ccc(OC)cc3)C(=O)C(=O)N2Cc2cccnc2)cc1. The first kappa shape index (κ1) is 22.1. The molecule has 1 aliphatic heterocycles. The Labute approximate surface area is 191 Å². The van der Waals surface area contributed by atoms with E-state index in [-0.39, 0.29) is 17.9 Å². The minimum atomic E-state index is -0.761. The number of aromatic nitrogens is 1. The standard InChI is InChI=1S/C26H24N2O5/c1-3-33-21-12-6-18(7-13-21)23-22(24(29)19-8-10-20(32-2)11-9-19)25(30)26(31)28(23)16-17-5-4-14-27-15-17/h4-15,23,29H,3,16H2,1-2H3/b24-22+/t23-/m0/s1. The number of carbonyl (C=O) groups is 2. The third kappa shape index (κ3) is 4.43. The number of pyridine rings is 1. The average Bonchev–Trinajstić information content (AvgIpc) is 3.10. The van der Waals surface area contributed by atoms with Crippen LogP contribution in [0.5, 0.6) is 11.5 Å². The Kier molecular flexibility index (Phi) is 6.40. The maximum Gasteiger partial charge on any atom is 0.295 e. The highest BCUT2D eigenvalue weighted by molar-refractivity contribution is 6.46. The summed E-state index contributed by atoms with van der Waals surface area (Å²) >= 11 is 0. The molecule has 168 valence electrons. The van der Waals surface area contributed by atoms with Crippen molar-refractivity contribution in [3.63, 3.8) is 0 Å². The summed E-state index contributed by atoms with van der Waals surface area (Å²) in [7, 11) is 1.55. The average molecular weight is 444 g/mol. The molecule has 0 radical (unpaired) electrons. The zero-order valence-electron chi connectivity index (χ0n) is 18.4. The Balaban J connectivity index is 1.81. The molecule has 2 aromatic carbocycles. The molecule has 1 N–H and O–H groups in total. The lowest BCUT2D eigenvalue weighted by molar-refractivity contribution is -0.140. The van der Waals surface area contributed by atoms with Gasteiger partial charge in [-0.15, -0.1) is 0 Å². The van der Waals surface area contributed by atoms with E-state index < -0.39 is 17.7 Å². The number of amides is 1. The number of nitrogens with zero attached hydrogens (tertiary/aromatic N) is 2. The number of carbonyl (C=O) groups excluding carboxylic acids is 2. The molecule has 33 heavy (non-hydrogen) atoms. The molecule has 4 rings (SSSR count). The summed E-state index contributed by atoms with van der Waals surface area (Å²) in [6, 6.07) is 16.7. The smallest absolute Gasteiger partial charge is 0.295 e. The van der Waals surface area contributed by atoms with Gasteiger partial charge in [0.05, 0.1) is 25.3 Å². The second kappa shape index (κ2) is 9.56. The highest BCUT2D eigenvalue weighted by Gasteiger charge is 2.46. The summed E-state index contributed by atoms with van der Waals surface area (Å²) < 4.78 is 10.7. The molecule has 1 amide bonds. The van der Waals surface area contributed by atoms with Gasteiger partial charge in [-0.2, -0.15) is 0 Å². The normalized spacial score (nSPS) is 17.3. The van der Waals surface area contributed by atoms with E-state index in [0.717, 1.165) is 5.56 Å². The maximum absolute atomic E-state index is 13.1. The van der Waals surface area contributed by atoms with Gasteiger partial charge in [-0.05, 0) is 60.5 Å². The van der Waals surface area contributed by atoms with E-state index in [2.05, 4.69) is 4.98 Å². The van der Waals surface area contributed by atoms with Gasteiger partial charge in [0.2, 0.25) is 0 Å². The van der Waals surface area contributed by atoms with Crippen LogP contribution >= 0.6 is 0 Å². The van der Waals surface area contributed by atoms with Crippen LogP contribution in [0.25, 0.3) is 5.76 Å². The molecule has 7 nitrogen and oxygen atoms in total. The number of benzene rings is 2. The number of hydrogen-bond acceptors (Lipinski definition) is 6. The van der Waals surface area contributed by atoms with Crippen molar-refractivity contribution in [1.82, 2.24) is 9.88 Å². The Morgan fingerprint density at radius 3 is 2.33 bits per heavy atom. The van der Waals surface area contributed by atoms with Gasteiger partial charge in [-0.3, -0.25) is 14.6 Å². The monoisotopic (exact) mass is 444 g/mol. The van der Waals surface area contributed by atoms with Crippen LogP contribution in [-0.4, -0.2) is 40.4 Å². The molecule has 1 aromatic heterocycles. The second-order valence-corrected chi connectivity index (χ2v) is 7.52. The van der Waals surface area contributed by atoms with Crippen molar-refractivity contribution in [3.8, 4) is 11.5 Å². The minimum Gasteiger partial charge on any atom is -0.507 e. The van der Waals surface area contributed by atoms with E-state index in [1.807, 2.05) is 13.0 Å². The Morgan fingerprint density at radius 2 is 1.73 bits per heavy atom. The summed E-state index contributed by atoms with van der Waals surface area (Å²) in [5, 5.41) is 11.1. The van der Waals surface area contributed by atoms with Crippen LogP contribution in [0.15, 0.2) is 78.6 Å². The van der Waals surface area contributed by atoms with E-state index in [4.69, 9.17) is 9.47 Å². The largest absolute Gasteiger partial charge is 0.507 e. The predicted molar refractivity (Wildman–Crippen MR) is 123 cm³/mol. The fourth-order valence-corrected chi connectivity index (χ4v) is 3.90. The fraction of sp³-hybridized carbons (Fsp3) is 0.192.